The largest absolute Gasteiger partial charge is 0.264 e. The number of pyridine rings is 1. The van der Waals surface area contributed by atoms with Crippen LogP contribution in [0.3, 0.4) is 0 Å². The lowest BCUT2D eigenvalue weighted by molar-refractivity contribution is 0.337. The maximum Gasteiger partial charge on any atom is 0.206 e. The molecule has 8 nitrogen and oxygen atoms in total. The highest BCUT2D eigenvalue weighted by molar-refractivity contribution is 5.79. The van der Waals surface area contributed by atoms with Crippen molar-refractivity contribution in [1.82, 2.24) is 40.4 Å². The Labute approximate surface area is 206 Å². The van der Waals surface area contributed by atoms with E-state index in [0.29, 0.717) is 5.82 Å². The van der Waals surface area contributed by atoms with E-state index in [1.54, 1.807) is 12.4 Å². The smallest absolute Gasteiger partial charge is 0.206 e. The number of benzene rings is 1. The van der Waals surface area contributed by atoms with Gasteiger partial charge in [0.1, 0.15) is 5.82 Å². The maximum absolute atomic E-state index is 4.99. The predicted molar refractivity (Wildman–Crippen MR) is 135 cm³/mol. The van der Waals surface area contributed by atoms with E-state index in [0.717, 1.165) is 66.5 Å². The van der Waals surface area contributed by atoms with Gasteiger partial charge in [-0.05, 0) is 46.7 Å². The number of hydrogen-bond acceptors (Lipinski definition) is 6. The molecule has 3 aromatic heterocycles. The van der Waals surface area contributed by atoms with E-state index in [1.165, 1.54) is 44.1 Å². The second-order valence-electron chi connectivity index (χ2n) is 9.59. The quantitative estimate of drug-likeness (QED) is 0.332. The molecule has 182 valence electrons. The van der Waals surface area contributed by atoms with Gasteiger partial charge < -0.3 is 0 Å². The average Bonchev–Trinajstić information content (AvgIpc) is 3.58. The van der Waals surface area contributed by atoms with E-state index in [2.05, 4.69) is 61.5 Å². The average molecular weight is 471 g/mol. The summed E-state index contributed by atoms with van der Waals surface area (Å²) in [7, 11) is 0. The third kappa shape index (κ3) is 5.81. The van der Waals surface area contributed by atoms with E-state index >= 15 is 0 Å². The number of hydrogen-bond donors (Lipinski definition) is 1. The lowest BCUT2D eigenvalue weighted by Crippen LogP contribution is -2.08. The van der Waals surface area contributed by atoms with Crippen molar-refractivity contribution in [2.45, 2.75) is 77.7 Å². The Balaban J connectivity index is 1.31. The van der Waals surface area contributed by atoms with Crippen molar-refractivity contribution in [3.05, 3.63) is 59.9 Å². The summed E-state index contributed by atoms with van der Waals surface area (Å²) >= 11 is 0. The number of aromatic amines is 1. The first-order valence-corrected chi connectivity index (χ1v) is 13.0. The van der Waals surface area contributed by atoms with Gasteiger partial charge in [-0.25, -0.2) is 9.67 Å². The molecule has 1 aliphatic rings. The number of unbranched alkanes of at least 4 members (excludes halogenated alkanes) is 1. The van der Waals surface area contributed by atoms with Crippen LogP contribution in [0.25, 0.3) is 22.5 Å². The van der Waals surface area contributed by atoms with Crippen LogP contribution in [0.15, 0.2) is 42.7 Å². The lowest BCUT2D eigenvalue weighted by Gasteiger charge is -2.20. The molecule has 3 heterocycles. The fourth-order valence-corrected chi connectivity index (χ4v) is 5.04. The molecular formula is C27H34N8. The zero-order chi connectivity index (χ0) is 23.9. The van der Waals surface area contributed by atoms with Gasteiger partial charge in [0.2, 0.25) is 5.82 Å². The molecule has 0 bridgehead atoms. The molecule has 0 saturated heterocycles. The van der Waals surface area contributed by atoms with Crippen molar-refractivity contribution >= 4 is 0 Å². The van der Waals surface area contributed by atoms with Crippen LogP contribution in [-0.2, 0) is 19.4 Å². The zero-order valence-electron chi connectivity index (χ0n) is 20.5. The first kappa shape index (κ1) is 23.3. The van der Waals surface area contributed by atoms with Crippen LogP contribution in [0.2, 0.25) is 0 Å². The number of aromatic nitrogens is 8. The topological polar surface area (TPSA) is 98.1 Å². The predicted octanol–water partition coefficient (Wildman–Crippen LogP) is 5.42. The van der Waals surface area contributed by atoms with E-state index in [9.17, 15) is 0 Å². The van der Waals surface area contributed by atoms with Gasteiger partial charge in [-0.1, -0.05) is 69.7 Å². The molecule has 1 aliphatic carbocycles. The van der Waals surface area contributed by atoms with Crippen LogP contribution in [0.4, 0.5) is 0 Å². The van der Waals surface area contributed by atoms with Crippen LogP contribution in [0.5, 0.6) is 0 Å². The summed E-state index contributed by atoms with van der Waals surface area (Å²) in [6.07, 6.45) is 15.8. The Morgan fingerprint density at radius 3 is 2.66 bits per heavy atom. The van der Waals surface area contributed by atoms with Gasteiger partial charge in [0.15, 0.2) is 5.82 Å². The van der Waals surface area contributed by atoms with Crippen LogP contribution < -0.4 is 0 Å². The minimum Gasteiger partial charge on any atom is -0.264 e. The van der Waals surface area contributed by atoms with Crippen LogP contribution in [0, 0.1) is 5.92 Å². The maximum atomic E-state index is 4.99. The minimum absolute atomic E-state index is 0.543. The van der Waals surface area contributed by atoms with Gasteiger partial charge >= 0.3 is 0 Å². The monoisotopic (exact) mass is 470 g/mol. The third-order valence-electron chi connectivity index (χ3n) is 7.05. The number of aryl methyl sites for hydroxylation is 2. The van der Waals surface area contributed by atoms with Gasteiger partial charge in [-0.2, -0.15) is 10.3 Å². The number of rotatable bonds is 10. The van der Waals surface area contributed by atoms with E-state index in [-0.39, 0.29) is 0 Å². The molecule has 1 saturated carbocycles. The van der Waals surface area contributed by atoms with E-state index in [1.807, 2.05) is 6.07 Å². The van der Waals surface area contributed by atoms with E-state index < -0.39 is 0 Å². The standard InChI is InChI=1S/C27H34N8/c1-2-3-17-35-26(29-25(32-35)14-11-20-7-5-4-6-8-20)18-21-9-12-22(13-10-21)23-15-16-28-19-24(23)27-30-33-34-31-27/h9-10,12-13,15-16,19-20H,2-8,11,14,17-18H2,1H3,(H,30,31,33,34). The SMILES string of the molecule is CCCCn1nc(CCC2CCCCC2)nc1Cc1ccc(-c2ccncc2-c2nn[nH]n2)cc1. The molecule has 5 rings (SSSR count). The molecule has 0 radical (unpaired) electrons. The highest BCUT2D eigenvalue weighted by Crippen LogP contribution is 2.30. The molecule has 0 amide bonds. The van der Waals surface area contributed by atoms with Crippen LogP contribution in [0.1, 0.15) is 75.5 Å². The lowest BCUT2D eigenvalue weighted by atomic mass is 9.86. The second kappa shape index (κ2) is 11.3. The summed E-state index contributed by atoms with van der Waals surface area (Å²) in [5.74, 6) is 3.48. The Morgan fingerprint density at radius 1 is 1.03 bits per heavy atom. The first-order valence-electron chi connectivity index (χ1n) is 13.0. The van der Waals surface area contributed by atoms with Crippen LogP contribution >= 0.6 is 0 Å². The molecule has 1 fully saturated rings. The summed E-state index contributed by atoms with van der Waals surface area (Å²) < 4.78 is 2.14. The van der Waals surface area contributed by atoms with Gasteiger partial charge in [0, 0.05) is 37.3 Å². The molecule has 4 aromatic rings. The minimum atomic E-state index is 0.543. The fraction of sp³-hybridized carbons (Fsp3) is 0.481. The summed E-state index contributed by atoms with van der Waals surface area (Å²) in [5.41, 5.74) is 4.21. The fourth-order valence-electron chi connectivity index (χ4n) is 5.04. The highest BCUT2D eigenvalue weighted by atomic mass is 15.5. The Bertz CT molecular complexity index is 1190. The van der Waals surface area contributed by atoms with Crippen molar-refractivity contribution in [2.75, 3.05) is 0 Å². The highest BCUT2D eigenvalue weighted by Gasteiger charge is 2.17. The van der Waals surface area contributed by atoms with Crippen molar-refractivity contribution in [2.24, 2.45) is 5.92 Å². The Morgan fingerprint density at radius 2 is 1.89 bits per heavy atom. The Kier molecular flexibility index (Phi) is 7.56. The molecule has 0 spiro atoms. The molecular weight excluding hydrogens is 436 g/mol. The van der Waals surface area contributed by atoms with Crippen molar-refractivity contribution in [1.29, 1.82) is 0 Å². The number of nitrogens with zero attached hydrogens (tertiary/aromatic N) is 7. The Hall–Kier alpha value is -3.42. The molecule has 0 aliphatic heterocycles. The first-order chi connectivity index (χ1) is 17.3. The van der Waals surface area contributed by atoms with Crippen molar-refractivity contribution in [3.8, 4) is 22.5 Å². The van der Waals surface area contributed by atoms with Gasteiger partial charge in [-0.15, -0.1) is 10.2 Å². The second-order valence-corrected chi connectivity index (χ2v) is 9.59. The van der Waals surface area contributed by atoms with Crippen molar-refractivity contribution < 1.29 is 0 Å². The summed E-state index contributed by atoms with van der Waals surface area (Å²) in [6, 6.07) is 10.6. The summed E-state index contributed by atoms with van der Waals surface area (Å²) in [5, 5.41) is 19.4. The molecule has 1 N–H and O–H groups in total. The van der Waals surface area contributed by atoms with E-state index in [4.69, 9.17) is 10.1 Å². The third-order valence-corrected chi connectivity index (χ3v) is 7.05. The summed E-state index contributed by atoms with van der Waals surface area (Å²) in [4.78, 5) is 9.23. The molecule has 0 atom stereocenters. The van der Waals surface area contributed by atoms with Crippen LogP contribution in [-0.4, -0.2) is 40.4 Å². The van der Waals surface area contributed by atoms with Gasteiger partial charge in [0.05, 0.1) is 0 Å². The number of nitrogens with one attached hydrogen (secondary N) is 1. The number of H-pyrrole nitrogens is 1. The van der Waals surface area contributed by atoms with Crippen molar-refractivity contribution in [3.63, 3.8) is 0 Å². The van der Waals surface area contributed by atoms with Gasteiger partial charge in [-0.3, -0.25) is 4.98 Å². The number of tetrazole rings is 1. The van der Waals surface area contributed by atoms with Gasteiger partial charge in [0.25, 0.3) is 0 Å². The molecule has 1 aromatic carbocycles. The molecule has 0 unspecified atom stereocenters. The molecule has 8 heteroatoms. The normalized spacial score (nSPS) is 14.4. The zero-order valence-corrected chi connectivity index (χ0v) is 20.5. The summed E-state index contributed by atoms with van der Waals surface area (Å²) in [6.45, 7) is 3.16. The molecule has 35 heavy (non-hydrogen) atoms.